The molecule has 1 aliphatic rings. The van der Waals surface area contributed by atoms with Crippen LogP contribution in [-0.2, 0) is 20.0 Å². The van der Waals surface area contributed by atoms with Gasteiger partial charge >= 0.3 is 0 Å². The molecule has 0 bridgehead atoms. The molecule has 2 aromatic heterocycles. The highest BCUT2D eigenvalue weighted by Crippen LogP contribution is 2.12. The number of hydrogen-bond donors (Lipinski definition) is 2. The lowest BCUT2D eigenvalue weighted by molar-refractivity contribution is 0.108. The number of thiophene rings is 1. The number of hydrogen-bond acceptors (Lipinski definition) is 5. The summed E-state index contributed by atoms with van der Waals surface area (Å²) in [5.41, 5.74) is 0. The molecule has 0 aromatic carbocycles. The van der Waals surface area contributed by atoms with Gasteiger partial charge in [0, 0.05) is 31.6 Å². The highest BCUT2D eigenvalue weighted by Gasteiger charge is 2.20. The van der Waals surface area contributed by atoms with Gasteiger partial charge in [0.05, 0.1) is 6.10 Å². The van der Waals surface area contributed by atoms with Crippen LogP contribution < -0.4 is 5.32 Å². The molecule has 2 aromatic rings. The standard InChI is InChI=1S/C17H26N6OS/c1-13-20-21-16(22(13)2)12-19-17(23-9-6-14(24)7-10-23)18-8-5-15-4-3-11-25-15/h3-4,11,14,24H,5-10,12H2,1-2H3,(H,18,19). The predicted octanol–water partition coefficient (Wildman–Crippen LogP) is 1.33. The number of aliphatic hydroxyl groups is 1. The molecule has 1 fully saturated rings. The molecule has 0 atom stereocenters. The van der Waals surface area contributed by atoms with Crippen LogP contribution in [-0.4, -0.2) is 56.5 Å². The van der Waals surface area contributed by atoms with Crippen molar-refractivity contribution in [3.63, 3.8) is 0 Å². The molecular weight excluding hydrogens is 336 g/mol. The van der Waals surface area contributed by atoms with Crippen LogP contribution in [0.25, 0.3) is 0 Å². The zero-order valence-corrected chi connectivity index (χ0v) is 15.7. The number of likely N-dealkylation sites (tertiary alicyclic amines) is 1. The monoisotopic (exact) mass is 362 g/mol. The summed E-state index contributed by atoms with van der Waals surface area (Å²) in [5, 5.41) is 23.6. The number of nitrogens with one attached hydrogen (secondary N) is 1. The smallest absolute Gasteiger partial charge is 0.194 e. The highest BCUT2D eigenvalue weighted by molar-refractivity contribution is 7.09. The van der Waals surface area contributed by atoms with Crippen LogP contribution in [0.4, 0.5) is 0 Å². The summed E-state index contributed by atoms with van der Waals surface area (Å²) in [5.74, 6) is 2.63. The summed E-state index contributed by atoms with van der Waals surface area (Å²) >= 11 is 1.78. The molecule has 0 saturated carbocycles. The maximum atomic E-state index is 9.75. The fourth-order valence-electron chi connectivity index (χ4n) is 2.83. The summed E-state index contributed by atoms with van der Waals surface area (Å²) in [4.78, 5) is 8.36. The maximum Gasteiger partial charge on any atom is 0.194 e. The number of guanidine groups is 1. The summed E-state index contributed by atoms with van der Waals surface area (Å²) in [6.07, 6.45) is 2.37. The topological polar surface area (TPSA) is 78.6 Å². The molecule has 0 aliphatic carbocycles. The van der Waals surface area contributed by atoms with Gasteiger partial charge in [-0.1, -0.05) is 6.07 Å². The minimum absolute atomic E-state index is 0.190. The first-order valence-electron chi connectivity index (χ1n) is 8.72. The van der Waals surface area contributed by atoms with Gasteiger partial charge in [0.1, 0.15) is 12.4 Å². The van der Waals surface area contributed by atoms with Crippen molar-refractivity contribution in [2.24, 2.45) is 12.0 Å². The summed E-state index contributed by atoms with van der Waals surface area (Å²) < 4.78 is 1.97. The van der Waals surface area contributed by atoms with Crippen molar-refractivity contribution >= 4 is 17.3 Å². The molecular formula is C17H26N6OS. The van der Waals surface area contributed by atoms with Gasteiger partial charge < -0.3 is 19.9 Å². The summed E-state index contributed by atoms with van der Waals surface area (Å²) in [6, 6.07) is 4.24. The third kappa shape index (κ3) is 4.79. The Labute approximate surface area is 152 Å². The third-order valence-electron chi connectivity index (χ3n) is 4.55. The molecule has 1 aliphatic heterocycles. The van der Waals surface area contributed by atoms with Gasteiger partial charge in [-0.25, -0.2) is 4.99 Å². The van der Waals surface area contributed by atoms with Crippen molar-refractivity contribution in [3.05, 3.63) is 34.0 Å². The van der Waals surface area contributed by atoms with Crippen molar-refractivity contribution < 1.29 is 5.11 Å². The lowest BCUT2D eigenvalue weighted by Crippen LogP contribution is -2.47. The number of aliphatic imine (C=N–C) groups is 1. The van der Waals surface area contributed by atoms with Crippen LogP contribution in [0.1, 0.15) is 29.4 Å². The summed E-state index contributed by atoms with van der Waals surface area (Å²) in [7, 11) is 1.96. The first-order valence-corrected chi connectivity index (χ1v) is 9.60. The number of nitrogens with zero attached hydrogens (tertiary/aromatic N) is 5. The van der Waals surface area contributed by atoms with E-state index < -0.39 is 0 Å². The molecule has 7 nitrogen and oxygen atoms in total. The molecule has 25 heavy (non-hydrogen) atoms. The fraction of sp³-hybridized carbons (Fsp3) is 0.588. The SMILES string of the molecule is Cc1nnc(CN=C(NCCc2cccs2)N2CCC(O)CC2)n1C. The molecule has 1 saturated heterocycles. The first-order chi connectivity index (χ1) is 12.1. The van der Waals surface area contributed by atoms with Crippen LogP contribution in [0.5, 0.6) is 0 Å². The highest BCUT2D eigenvalue weighted by atomic mass is 32.1. The Morgan fingerprint density at radius 2 is 2.20 bits per heavy atom. The van der Waals surface area contributed by atoms with Gasteiger partial charge in [-0.3, -0.25) is 0 Å². The second-order valence-electron chi connectivity index (χ2n) is 6.34. The maximum absolute atomic E-state index is 9.75. The van der Waals surface area contributed by atoms with Gasteiger partial charge in [-0.05, 0) is 37.6 Å². The zero-order valence-electron chi connectivity index (χ0n) is 14.9. The lowest BCUT2D eigenvalue weighted by atomic mass is 10.1. The second kappa shape index (κ2) is 8.44. The second-order valence-corrected chi connectivity index (χ2v) is 7.37. The van der Waals surface area contributed by atoms with Crippen molar-refractivity contribution in [1.29, 1.82) is 0 Å². The number of aromatic nitrogens is 3. The minimum Gasteiger partial charge on any atom is -0.393 e. The van der Waals surface area contributed by atoms with Crippen molar-refractivity contribution in [2.75, 3.05) is 19.6 Å². The molecule has 3 heterocycles. The van der Waals surface area contributed by atoms with E-state index in [0.29, 0.717) is 6.54 Å². The van der Waals surface area contributed by atoms with Gasteiger partial charge in [0.2, 0.25) is 0 Å². The van der Waals surface area contributed by atoms with Crippen molar-refractivity contribution in [1.82, 2.24) is 25.0 Å². The Hall–Kier alpha value is -1.93. The van der Waals surface area contributed by atoms with Gasteiger partial charge in [-0.15, -0.1) is 21.5 Å². The van der Waals surface area contributed by atoms with Crippen molar-refractivity contribution in [3.8, 4) is 0 Å². The molecule has 8 heteroatoms. The average molecular weight is 363 g/mol. The fourth-order valence-corrected chi connectivity index (χ4v) is 3.54. The Morgan fingerprint density at radius 1 is 1.40 bits per heavy atom. The largest absolute Gasteiger partial charge is 0.393 e. The van der Waals surface area contributed by atoms with E-state index in [1.165, 1.54) is 4.88 Å². The van der Waals surface area contributed by atoms with E-state index in [2.05, 4.69) is 37.9 Å². The number of rotatable bonds is 5. The first kappa shape index (κ1) is 17.9. The molecule has 0 unspecified atom stereocenters. The molecule has 3 rings (SSSR count). The van der Waals surface area contributed by atoms with Crippen LogP contribution in [0.3, 0.4) is 0 Å². The Bertz CT molecular complexity index is 688. The van der Waals surface area contributed by atoms with E-state index in [1.807, 2.05) is 18.5 Å². The molecule has 0 radical (unpaired) electrons. The number of aryl methyl sites for hydroxylation is 1. The van der Waals surface area contributed by atoms with Gasteiger partial charge in [-0.2, -0.15) is 0 Å². The zero-order chi connectivity index (χ0) is 17.6. The molecule has 0 spiro atoms. The van der Waals surface area contributed by atoms with E-state index in [0.717, 1.165) is 56.5 Å². The molecule has 136 valence electrons. The van der Waals surface area contributed by atoms with E-state index >= 15 is 0 Å². The number of aliphatic hydroxyl groups excluding tert-OH is 1. The summed E-state index contributed by atoms with van der Waals surface area (Å²) in [6.45, 7) is 4.92. The minimum atomic E-state index is -0.190. The molecule has 0 amide bonds. The van der Waals surface area contributed by atoms with E-state index in [1.54, 1.807) is 11.3 Å². The Kier molecular flexibility index (Phi) is 6.04. The van der Waals surface area contributed by atoms with Gasteiger partial charge in [0.15, 0.2) is 11.8 Å². The van der Waals surface area contributed by atoms with E-state index in [9.17, 15) is 5.11 Å². The van der Waals surface area contributed by atoms with Crippen LogP contribution in [0, 0.1) is 6.92 Å². The van der Waals surface area contributed by atoms with Crippen LogP contribution in [0.15, 0.2) is 22.5 Å². The van der Waals surface area contributed by atoms with E-state index in [-0.39, 0.29) is 6.10 Å². The number of piperidine rings is 1. The Balaban J connectivity index is 1.64. The van der Waals surface area contributed by atoms with Crippen molar-refractivity contribution in [2.45, 2.75) is 38.8 Å². The normalized spacial score (nSPS) is 16.4. The van der Waals surface area contributed by atoms with Crippen LogP contribution in [0.2, 0.25) is 0 Å². The quantitative estimate of drug-likeness (QED) is 0.620. The van der Waals surface area contributed by atoms with Gasteiger partial charge in [0.25, 0.3) is 0 Å². The van der Waals surface area contributed by atoms with Crippen LogP contribution >= 0.6 is 11.3 Å². The predicted molar refractivity (Wildman–Crippen MR) is 99.7 cm³/mol. The Morgan fingerprint density at radius 3 is 2.84 bits per heavy atom. The average Bonchev–Trinajstić information content (AvgIpc) is 3.23. The third-order valence-corrected chi connectivity index (χ3v) is 5.49. The lowest BCUT2D eigenvalue weighted by Gasteiger charge is -2.32. The van der Waals surface area contributed by atoms with E-state index in [4.69, 9.17) is 4.99 Å². The molecule has 2 N–H and O–H groups in total.